The molecule has 0 N–H and O–H groups in total. The molecule has 1 aromatic heterocycles. The summed E-state index contributed by atoms with van der Waals surface area (Å²) in [4.78, 5) is 4.34. The Morgan fingerprint density at radius 2 is 2.25 bits per heavy atom. The Labute approximate surface area is 73.1 Å². The standard InChI is InChI=1S/C11H13N/c1-8(2)10-6-9-4-3-5-12-11(9)7-10/h3-6,8H,7H2,1-2H3. The van der Waals surface area contributed by atoms with Crippen LogP contribution in [0.15, 0.2) is 23.9 Å². The smallest absolute Gasteiger partial charge is 0.0516 e. The second-order valence-corrected chi connectivity index (χ2v) is 3.59. The van der Waals surface area contributed by atoms with Crippen LogP contribution in [0.1, 0.15) is 25.1 Å². The molecule has 0 aromatic carbocycles. The van der Waals surface area contributed by atoms with Crippen molar-refractivity contribution in [1.82, 2.24) is 4.98 Å². The van der Waals surface area contributed by atoms with E-state index in [-0.39, 0.29) is 0 Å². The lowest BCUT2D eigenvalue weighted by molar-refractivity contribution is 0.750. The van der Waals surface area contributed by atoms with Crippen LogP contribution in [0.2, 0.25) is 0 Å². The average molecular weight is 159 g/mol. The summed E-state index contributed by atoms with van der Waals surface area (Å²) in [5.74, 6) is 0.652. The lowest BCUT2D eigenvalue weighted by atomic mass is 10.0. The predicted octanol–water partition coefficient (Wildman–Crippen LogP) is 2.68. The molecule has 0 amide bonds. The van der Waals surface area contributed by atoms with Crippen molar-refractivity contribution in [3.8, 4) is 0 Å². The highest BCUT2D eigenvalue weighted by Gasteiger charge is 2.14. The fraction of sp³-hybridized carbons (Fsp3) is 0.364. The highest BCUT2D eigenvalue weighted by molar-refractivity contribution is 5.61. The molecule has 0 radical (unpaired) electrons. The molecule has 0 bridgehead atoms. The van der Waals surface area contributed by atoms with Gasteiger partial charge in [0.15, 0.2) is 0 Å². The summed E-state index contributed by atoms with van der Waals surface area (Å²) in [6.07, 6.45) is 5.19. The summed E-state index contributed by atoms with van der Waals surface area (Å²) in [6, 6.07) is 4.14. The van der Waals surface area contributed by atoms with E-state index < -0.39 is 0 Å². The Bertz CT molecular complexity index is 324. The molecule has 1 aliphatic carbocycles. The van der Waals surface area contributed by atoms with E-state index in [1.165, 1.54) is 16.8 Å². The normalized spacial score (nSPS) is 14.8. The summed E-state index contributed by atoms with van der Waals surface area (Å²) < 4.78 is 0. The number of pyridine rings is 1. The molecule has 0 spiro atoms. The van der Waals surface area contributed by atoms with Gasteiger partial charge >= 0.3 is 0 Å². The van der Waals surface area contributed by atoms with Crippen molar-refractivity contribution < 1.29 is 0 Å². The molecular formula is C11H13N. The largest absolute Gasteiger partial charge is 0.260 e. The van der Waals surface area contributed by atoms with Crippen molar-refractivity contribution in [2.24, 2.45) is 5.92 Å². The van der Waals surface area contributed by atoms with Crippen LogP contribution in [-0.2, 0) is 6.42 Å². The highest BCUT2D eigenvalue weighted by Crippen LogP contribution is 2.27. The molecule has 1 aromatic rings. The molecule has 0 fully saturated rings. The number of allylic oxidation sites excluding steroid dienone is 1. The molecule has 1 heterocycles. The van der Waals surface area contributed by atoms with Crippen LogP contribution in [0.25, 0.3) is 6.08 Å². The van der Waals surface area contributed by atoms with Gasteiger partial charge in [0, 0.05) is 12.6 Å². The molecule has 1 heteroatoms. The maximum Gasteiger partial charge on any atom is 0.0516 e. The van der Waals surface area contributed by atoms with E-state index in [0.717, 1.165) is 6.42 Å². The number of fused-ring (bicyclic) bond motifs is 1. The number of hydrogen-bond acceptors (Lipinski definition) is 1. The first-order chi connectivity index (χ1) is 5.77. The summed E-state index contributed by atoms with van der Waals surface area (Å²) in [7, 11) is 0. The number of hydrogen-bond donors (Lipinski definition) is 0. The number of nitrogens with zero attached hydrogens (tertiary/aromatic N) is 1. The van der Waals surface area contributed by atoms with Gasteiger partial charge in [-0.05, 0) is 17.5 Å². The number of rotatable bonds is 1. The van der Waals surface area contributed by atoms with Gasteiger partial charge in [-0.3, -0.25) is 4.98 Å². The molecular weight excluding hydrogens is 146 g/mol. The quantitative estimate of drug-likeness (QED) is 0.614. The predicted molar refractivity (Wildman–Crippen MR) is 50.8 cm³/mol. The van der Waals surface area contributed by atoms with Crippen molar-refractivity contribution in [1.29, 1.82) is 0 Å². The first-order valence-electron chi connectivity index (χ1n) is 4.41. The van der Waals surface area contributed by atoms with Crippen molar-refractivity contribution in [3.63, 3.8) is 0 Å². The zero-order chi connectivity index (χ0) is 8.55. The molecule has 1 nitrogen and oxygen atoms in total. The lowest BCUT2D eigenvalue weighted by Gasteiger charge is -2.03. The fourth-order valence-corrected chi connectivity index (χ4v) is 1.54. The van der Waals surface area contributed by atoms with Crippen LogP contribution < -0.4 is 0 Å². The van der Waals surface area contributed by atoms with E-state index in [1.807, 2.05) is 12.3 Å². The van der Waals surface area contributed by atoms with Crippen LogP contribution in [0.3, 0.4) is 0 Å². The van der Waals surface area contributed by atoms with Crippen LogP contribution in [0.5, 0.6) is 0 Å². The fourth-order valence-electron chi connectivity index (χ4n) is 1.54. The van der Waals surface area contributed by atoms with Gasteiger partial charge in [-0.1, -0.05) is 31.6 Å². The number of aromatic nitrogens is 1. The van der Waals surface area contributed by atoms with Gasteiger partial charge in [-0.15, -0.1) is 0 Å². The molecule has 0 aliphatic heterocycles. The molecule has 1 aliphatic rings. The summed E-state index contributed by atoms with van der Waals surface area (Å²) in [6.45, 7) is 4.47. The Kier molecular flexibility index (Phi) is 1.72. The van der Waals surface area contributed by atoms with Gasteiger partial charge in [0.05, 0.1) is 5.69 Å². The van der Waals surface area contributed by atoms with E-state index in [9.17, 15) is 0 Å². The Hall–Kier alpha value is -1.11. The molecule has 0 saturated carbocycles. The van der Waals surface area contributed by atoms with Crippen molar-refractivity contribution >= 4 is 6.08 Å². The van der Waals surface area contributed by atoms with E-state index >= 15 is 0 Å². The third kappa shape index (κ3) is 1.15. The minimum Gasteiger partial charge on any atom is -0.260 e. The van der Waals surface area contributed by atoms with Gasteiger partial charge in [0.25, 0.3) is 0 Å². The van der Waals surface area contributed by atoms with Crippen LogP contribution in [0, 0.1) is 5.92 Å². The van der Waals surface area contributed by atoms with Gasteiger partial charge in [0.1, 0.15) is 0 Å². The van der Waals surface area contributed by atoms with E-state index in [4.69, 9.17) is 0 Å². The Morgan fingerprint density at radius 3 is 2.92 bits per heavy atom. The second kappa shape index (κ2) is 2.74. The van der Waals surface area contributed by atoms with E-state index in [1.54, 1.807) is 0 Å². The Balaban J connectivity index is 2.35. The monoisotopic (exact) mass is 159 g/mol. The highest BCUT2D eigenvalue weighted by atomic mass is 14.7. The Morgan fingerprint density at radius 1 is 1.42 bits per heavy atom. The third-order valence-electron chi connectivity index (χ3n) is 2.38. The first-order valence-corrected chi connectivity index (χ1v) is 4.41. The van der Waals surface area contributed by atoms with Crippen molar-refractivity contribution in [3.05, 3.63) is 35.2 Å². The van der Waals surface area contributed by atoms with E-state index in [0.29, 0.717) is 5.92 Å². The zero-order valence-corrected chi connectivity index (χ0v) is 7.54. The summed E-state index contributed by atoms with van der Waals surface area (Å²) >= 11 is 0. The lowest BCUT2D eigenvalue weighted by Crippen LogP contribution is -1.94. The second-order valence-electron chi connectivity index (χ2n) is 3.59. The van der Waals surface area contributed by atoms with Crippen LogP contribution in [0.4, 0.5) is 0 Å². The minimum absolute atomic E-state index is 0.652. The zero-order valence-electron chi connectivity index (χ0n) is 7.54. The summed E-state index contributed by atoms with van der Waals surface area (Å²) in [5, 5.41) is 0. The molecule has 12 heavy (non-hydrogen) atoms. The van der Waals surface area contributed by atoms with Gasteiger partial charge in [-0.2, -0.15) is 0 Å². The first kappa shape index (κ1) is 7.53. The van der Waals surface area contributed by atoms with Gasteiger partial charge in [0.2, 0.25) is 0 Å². The maximum absolute atomic E-state index is 4.34. The topological polar surface area (TPSA) is 12.9 Å². The van der Waals surface area contributed by atoms with Crippen LogP contribution in [-0.4, -0.2) is 4.98 Å². The minimum atomic E-state index is 0.652. The van der Waals surface area contributed by atoms with Gasteiger partial charge < -0.3 is 0 Å². The molecule has 62 valence electrons. The summed E-state index contributed by atoms with van der Waals surface area (Å²) in [5.41, 5.74) is 4.05. The molecule has 2 rings (SSSR count). The molecule has 0 atom stereocenters. The SMILES string of the molecule is CC(C)C1=Cc2cccnc2C1. The van der Waals surface area contributed by atoms with Crippen molar-refractivity contribution in [2.75, 3.05) is 0 Å². The van der Waals surface area contributed by atoms with Crippen LogP contribution >= 0.6 is 0 Å². The molecule has 0 saturated heterocycles. The average Bonchev–Trinajstić information content (AvgIpc) is 2.46. The third-order valence-corrected chi connectivity index (χ3v) is 2.38. The molecule has 0 unspecified atom stereocenters. The van der Waals surface area contributed by atoms with Gasteiger partial charge in [-0.25, -0.2) is 0 Å². The maximum atomic E-state index is 4.34. The van der Waals surface area contributed by atoms with Crippen molar-refractivity contribution in [2.45, 2.75) is 20.3 Å². The van der Waals surface area contributed by atoms with E-state index in [2.05, 4.69) is 31.0 Å².